The Morgan fingerprint density at radius 1 is 1.12 bits per heavy atom. The van der Waals surface area contributed by atoms with E-state index in [1.165, 1.54) is 6.07 Å². The minimum absolute atomic E-state index is 0.205. The summed E-state index contributed by atoms with van der Waals surface area (Å²) in [5.74, 6) is 0. The summed E-state index contributed by atoms with van der Waals surface area (Å²) in [5, 5.41) is 7.19. The van der Waals surface area contributed by atoms with Gasteiger partial charge in [0.1, 0.15) is 0 Å². The minimum atomic E-state index is -0.205. The van der Waals surface area contributed by atoms with E-state index < -0.39 is 0 Å². The van der Waals surface area contributed by atoms with Gasteiger partial charge < -0.3 is 0 Å². The van der Waals surface area contributed by atoms with Crippen molar-refractivity contribution in [3.8, 4) is 11.1 Å². The van der Waals surface area contributed by atoms with E-state index in [2.05, 4.69) is 15.2 Å². The maximum absolute atomic E-state index is 11.3. The highest BCUT2D eigenvalue weighted by atomic mass is 16.1. The Bertz CT molecular complexity index is 728. The Kier molecular flexibility index (Phi) is 2.19. The van der Waals surface area contributed by atoms with E-state index in [0.29, 0.717) is 0 Å². The van der Waals surface area contributed by atoms with Crippen molar-refractivity contribution in [1.82, 2.24) is 15.2 Å². The van der Waals surface area contributed by atoms with Crippen LogP contribution < -0.4 is 5.56 Å². The summed E-state index contributed by atoms with van der Waals surface area (Å²) in [7, 11) is 0. The monoisotopic (exact) mass is 223 g/mol. The van der Waals surface area contributed by atoms with Crippen LogP contribution >= 0.6 is 0 Å². The summed E-state index contributed by atoms with van der Waals surface area (Å²) in [6.07, 6.45) is 3.39. The van der Waals surface area contributed by atoms with E-state index >= 15 is 0 Å². The first-order valence-electron chi connectivity index (χ1n) is 5.23. The number of nitrogens with one attached hydrogen (secondary N) is 1. The molecule has 2 heterocycles. The number of rotatable bonds is 1. The summed E-state index contributed by atoms with van der Waals surface area (Å²) in [4.78, 5) is 15.5. The van der Waals surface area contributed by atoms with E-state index in [-0.39, 0.29) is 5.56 Å². The zero-order valence-electron chi connectivity index (χ0n) is 8.92. The SMILES string of the molecule is O=c1cc(-c2cccc3ncccc23)cn[nH]1. The molecule has 4 heteroatoms. The van der Waals surface area contributed by atoms with E-state index in [9.17, 15) is 4.79 Å². The van der Waals surface area contributed by atoms with Crippen LogP contribution in [0, 0.1) is 0 Å². The highest BCUT2D eigenvalue weighted by Crippen LogP contribution is 2.25. The van der Waals surface area contributed by atoms with E-state index in [1.54, 1.807) is 12.4 Å². The summed E-state index contributed by atoms with van der Waals surface area (Å²) < 4.78 is 0. The van der Waals surface area contributed by atoms with Crippen molar-refractivity contribution in [3.05, 3.63) is 59.1 Å². The lowest BCUT2D eigenvalue weighted by atomic mass is 10.0. The van der Waals surface area contributed by atoms with Crippen molar-refractivity contribution in [1.29, 1.82) is 0 Å². The molecule has 4 nitrogen and oxygen atoms in total. The minimum Gasteiger partial charge on any atom is -0.268 e. The molecule has 2 aromatic heterocycles. The van der Waals surface area contributed by atoms with Crippen molar-refractivity contribution in [2.75, 3.05) is 0 Å². The molecule has 1 N–H and O–H groups in total. The van der Waals surface area contributed by atoms with E-state index in [4.69, 9.17) is 0 Å². The molecule has 17 heavy (non-hydrogen) atoms. The molecule has 82 valence electrons. The number of fused-ring (bicyclic) bond motifs is 1. The van der Waals surface area contributed by atoms with E-state index in [1.807, 2.05) is 30.3 Å². The van der Waals surface area contributed by atoms with Crippen LogP contribution in [0.5, 0.6) is 0 Å². The topological polar surface area (TPSA) is 58.6 Å². The van der Waals surface area contributed by atoms with Crippen molar-refractivity contribution in [2.24, 2.45) is 0 Å². The number of H-pyrrole nitrogens is 1. The zero-order valence-corrected chi connectivity index (χ0v) is 8.92. The predicted molar refractivity (Wildman–Crippen MR) is 65.6 cm³/mol. The summed E-state index contributed by atoms with van der Waals surface area (Å²) in [6, 6.07) is 11.2. The third kappa shape index (κ3) is 1.69. The van der Waals surface area contributed by atoms with Gasteiger partial charge in [-0.05, 0) is 17.7 Å². The van der Waals surface area contributed by atoms with Crippen LogP contribution in [0.1, 0.15) is 0 Å². The molecule has 0 atom stereocenters. The van der Waals surface area contributed by atoms with Crippen LogP contribution in [0.2, 0.25) is 0 Å². The lowest BCUT2D eigenvalue weighted by molar-refractivity contribution is 0.991. The number of benzene rings is 1. The van der Waals surface area contributed by atoms with Crippen molar-refractivity contribution < 1.29 is 0 Å². The molecule has 1 aromatic carbocycles. The molecule has 0 unspecified atom stereocenters. The van der Waals surface area contributed by atoms with Gasteiger partial charge in [0.05, 0.1) is 11.7 Å². The molecule has 0 spiro atoms. The van der Waals surface area contributed by atoms with Crippen LogP contribution in [0.25, 0.3) is 22.0 Å². The number of nitrogens with zero attached hydrogens (tertiary/aromatic N) is 2. The second-order valence-corrected chi connectivity index (χ2v) is 3.71. The van der Waals surface area contributed by atoms with Crippen LogP contribution in [0.4, 0.5) is 0 Å². The van der Waals surface area contributed by atoms with Gasteiger partial charge in [-0.25, -0.2) is 5.10 Å². The predicted octanol–water partition coefficient (Wildman–Crippen LogP) is 1.99. The quantitative estimate of drug-likeness (QED) is 0.686. The number of pyridine rings is 1. The molecule has 3 aromatic rings. The highest BCUT2D eigenvalue weighted by molar-refractivity contribution is 5.94. The molecule has 0 aliphatic heterocycles. The first-order chi connectivity index (χ1) is 8.34. The number of hydrogen-bond donors (Lipinski definition) is 1. The second kappa shape index (κ2) is 3.83. The van der Waals surface area contributed by atoms with Gasteiger partial charge >= 0.3 is 0 Å². The molecule has 0 saturated carbocycles. The third-order valence-corrected chi connectivity index (χ3v) is 2.62. The molecule has 0 saturated heterocycles. The van der Waals surface area contributed by atoms with Crippen LogP contribution in [-0.2, 0) is 0 Å². The third-order valence-electron chi connectivity index (χ3n) is 2.62. The highest BCUT2D eigenvalue weighted by Gasteiger charge is 2.04. The lowest BCUT2D eigenvalue weighted by Gasteiger charge is -2.04. The number of aromatic nitrogens is 3. The average Bonchev–Trinajstić information content (AvgIpc) is 2.38. The zero-order chi connectivity index (χ0) is 11.7. The average molecular weight is 223 g/mol. The van der Waals surface area contributed by atoms with Gasteiger partial charge in [-0.1, -0.05) is 18.2 Å². The summed E-state index contributed by atoms with van der Waals surface area (Å²) in [6.45, 7) is 0. The molecule has 0 aliphatic rings. The second-order valence-electron chi connectivity index (χ2n) is 3.71. The normalized spacial score (nSPS) is 10.6. The Hall–Kier alpha value is -2.49. The molecule has 3 rings (SSSR count). The standard InChI is InChI=1S/C13H9N3O/c17-13-7-9(8-15-16-13)10-3-1-5-12-11(10)4-2-6-14-12/h1-8H,(H,16,17). The van der Waals surface area contributed by atoms with Gasteiger partial charge in [0.2, 0.25) is 0 Å². The van der Waals surface area contributed by atoms with Crippen LogP contribution in [-0.4, -0.2) is 15.2 Å². The first-order valence-corrected chi connectivity index (χ1v) is 5.23. The van der Waals surface area contributed by atoms with Crippen molar-refractivity contribution in [2.45, 2.75) is 0 Å². The maximum Gasteiger partial charge on any atom is 0.264 e. The molecular weight excluding hydrogens is 214 g/mol. The number of aromatic amines is 1. The Morgan fingerprint density at radius 2 is 2.06 bits per heavy atom. The fraction of sp³-hybridized carbons (Fsp3) is 0. The lowest BCUT2D eigenvalue weighted by Crippen LogP contribution is -2.05. The molecular formula is C13H9N3O. The summed E-state index contributed by atoms with van der Waals surface area (Å²) >= 11 is 0. The molecule has 0 bridgehead atoms. The maximum atomic E-state index is 11.3. The Labute approximate surface area is 97.0 Å². The molecule has 0 aliphatic carbocycles. The molecule has 0 amide bonds. The van der Waals surface area contributed by atoms with E-state index in [0.717, 1.165) is 22.0 Å². The molecule has 0 fully saturated rings. The Morgan fingerprint density at radius 3 is 2.94 bits per heavy atom. The number of hydrogen-bond acceptors (Lipinski definition) is 3. The van der Waals surface area contributed by atoms with Gasteiger partial charge in [-0.15, -0.1) is 0 Å². The Balaban J connectivity index is 2.34. The largest absolute Gasteiger partial charge is 0.268 e. The fourth-order valence-electron chi connectivity index (χ4n) is 1.88. The van der Waals surface area contributed by atoms with Gasteiger partial charge in [0.25, 0.3) is 5.56 Å². The first kappa shape index (κ1) is 9.72. The smallest absolute Gasteiger partial charge is 0.264 e. The van der Waals surface area contributed by atoms with Gasteiger partial charge in [0.15, 0.2) is 0 Å². The van der Waals surface area contributed by atoms with Crippen LogP contribution in [0.15, 0.2) is 53.6 Å². The fourth-order valence-corrected chi connectivity index (χ4v) is 1.88. The molecule has 0 radical (unpaired) electrons. The van der Waals surface area contributed by atoms with Crippen molar-refractivity contribution >= 4 is 10.9 Å². The van der Waals surface area contributed by atoms with Gasteiger partial charge in [-0.2, -0.15) is 5.10 Å². The van der Waals surface area contributed by atoms with Crippen LogP contribution in [0.3, 0.4) is 0 Å². The summed E-state index contributed by atoms with van der Waals surface area (Å²) in [5.41, 5.74) is 2.47. The van der Waals surface area contributed by atoms with Crippen molar-refractivity contribution in [3.63, 3.8) is 0 Å². The van der Waals surface area contributed by atoms with Gasteiger partial charge in [0, 0.05) is 23.2 Å². The van der Waals surface area contributed by atoms with Gasteiger partial charge in [-0.3, -0.25) is 9.78 Å².